The van der Waals surface area contributed by atoms with E-state index >= 15 is 0 Å². The summed E-state index contributed by atoms with van der Waals surface area (Å²) in [5.41, 5.74) is -0.0162. The Bertz CT molecular complexity index is 1120. The molecule has 0 aliphatic carbocycles. The van der Waals surface area contributed by atoms with Crippen LogP contribution in [0.25, 0.3) is 0 Å². The molecule has 33 heavy (non-hydrogen) atoms. The van der Waals surface area contributed by atoms with Crippen molar-refractivity contribution < 1.29 is 41.1 Å². The van der Waals surface area contributed by atoms with Gasteiger partial charge in [-0.3, -0.25) is 14.4 Å². The highest BCUT2D eigenvalue weighted by Crippen LogP contribution is 2.16. The predicted octanol–water partition coefficient (Wildman–Crippen LogP) is 0.938. The lowest BCUT2D eigenvalue weighted by Crippen LogP contribution is -2.41. The maximum Gasteiger partial charge on any atom is 0.324 e. The highest BCUT2D eigenvalue weighted by atomic mass is 32.2. The molecule has 13 heteroatoms. The normalized spacial score (nSPS) is 11.9. The van der Waals surface area contributed by atoms with Gasteiger partial charge in [-0.25, -0.2) is 17.2 Å². The number of halogens is 2. The molecule has 2 amide bonds. The fourth-order valence-electron chi connectivity index (χ4n) is 2.37. The van der Waals surface area contributed by atoms with Crippen molar-refractivity contribution in [3.8, 4) is 5.75 Å². The van der Waals surface area contributed by atoms with Crippen LogP contribution in [-0.4, -0.2) is 52.5 Å². The number of methoxy groups -OCH3 is 1. The third-order valence-electron chi connectivity index (χ3n) is 4.05. The minimum absolute atomic E-state index is 0.0162. The van der Waals surface area contributed by atoms with E-state index in [0.29, 0.717) is 5.75 Å². The summed E-state index contributed by atoms with van der Waals surface area (Å²) in [5, 5.41) is 4.41. The number of rotatable bonds is 10. The fraction of sp³-hybridized carbons (Fsp3) is 0.250. The first kappa shape index (κ1) is 25.7. The summed E-state index contributed by atoms with van der Waals surface area (Å²) in [6.07, 6.45) is 0. The van der Waals surface area contributed by atoms with E-state index in [1.54, 1.807) is 0 Å². The van der Waals surface area contributed by atoms with Gasteiger partial charge in [-0.2, -0.15) is 4.72 Å². The van der Waals surface area contributed by atoms with Crippen molar-refractivity contribution in [3.05, 3.63) is 54.1 Å². The van der Waals surface area contributed by atoms with E-state index in [0.717, 1.165) is 18.2 Å². The minimum Gasteiger partial charge on any atom is -0.497 e. The summed E-state index contributed by atoms with van der Waals surface area (Å²) in [6, 6.07) is 6.87. The Morgan fingerprint density at radius 1 is 1.00 bits per heavy atom. The molecule has 2 aromatic carbocycles. The van der Waals surface area contributed by atoms with Gasteiger partial charge in [0.05, 0.1) is 18.6 Å². The van der Waals surface area contributed by atoms with Crippen molar-refractivity contribution in [1.82, 2.24) is 10.0 Å². The summed E-state index contributed by atoms with van der Waals surface area (Å²) in [5.74, 6) is -4.38. The van der Waals surface area contributed by atoms with Gasteiger partial charge < -0.3 is 20.1 Å². The Kier molecular flexibility index (Phi) is 8.82. The van der Waals surface area contributed by atoms with Crippen molar-refractivity contribution in [2.75, 3.05) is 25.6 Å². The fourth-order valence-corrected chi connectivity index (χ4v) is 3.57. The van der Waals surface area contributed by atoms with E-state index in [2.05, 4.69) is 15.4 Å². The van der Waals surface area contributed by atoms with Gasteiger partial charge >= 0.3 is 5.97 Å². The molecule has 0 saturated carbocycles. The van der Waals surface area contributed by atoms with Gasteiger partial charge in [0.1, 0.15) is 11.8 Å². The number of benzene rings is 2. The average molecular weight is 485 g/mol. The number of hydrogen-bond acceptors (Lipinski definition) is 7. The molecule has 0 heterocycles. The van der Waals surface area contributed by atoms with E-state index in [9.17, 15) is 31.6 Å². The van der Waals surface area contributed by atoms with Crippen LogP contribution in [0.15, 0.2) is 47.4 Å². The van der Waals surface area contributed by atoms with E-state index in [-0.39, 0.29) is 10.6 Å². The smallest absolute Gasteiger partial charge is 0.324 e. The molecule has 1 atom stereocenters. The zero-order valence-corrected chi connectivity index (χ0v) is 18.4. The second-order valence-electron chi connectivity index (χ2n) is 6.58. The van der Waals surface area contributed by atoms with Gasteiger partial charge in [0.15, 0.2) is 18.2 Å². The largest absolute Gasteiger partial charge is 0.497 e. The Morgan fingerprint density at radius 2 is 1.67 bits per heavy atom. The molecule has 2 aromatic rings. The molecule has 0 fully saturated rings. The van der Waals surface area contributed by atoms with Crippen LogP contribution >= 0.6 is 0 Å². The number of carbonyl (C=O) groups excluding carboxylic acids is 3. The SMILES string of the molecule is COc1ccc(S(=O)(=O)N[C@@H](C)C(=O)OCC(=O)NCC(=O)Nc2ccc(F)c(F)c2)cc1. The summed E-state index contributed by atoms with van der Waals surface area (Å²) in [7, 11) is -2.61. The lowest BCUT2D eigenvalue weighted by molar-refractivity contribution is -0.149. The van der Waals surface area contributed by atoms with Gasteiger partial charge in [-0.15, -0.1) is 0 Å². The molecular formula is C20H21F2N3O7S. The molecule has 0 radical (unpaired) electrons. The second kappa shape index (κ2) is 11.3. The van der Waals surface area contributed by atoms with Gasteiger partial charge in [-0.05, 0) is 43.3 Å². The van der Waals surface area contributed by atoms with Gasteiger partial charge in [-0.1, -0.05) is 0 Å². The minimum atomic E-state index is -4.04. The number of ether oxygens (including phenoxy) is 2. The number of sulfonamides is 1. The van der Waals surface area contributed by atoms with Crippen LogP contribution in [0.5, 0.6) is 5.75 Å². The number of nitrogens with one attached hydrogen (secondary N) is 3. The number of hydrogen-bond donors (Lipinski definition) is 3. The summed E-state index contributed by atoms with van der Waals surface area (Å²) < 4.78 is 62.5. The number of amides is 2. The maximum atomic E-state index is 13.1. The van der Waals surface area contributed by atoms with Crippen molar-refractivity contribution in [3.63, 3.8) is 0 Å². The van der Waals surface area contributed by atoms with Crippen LogP contribution in [0, 0.1) is 11.6 Å². The van der Waals surface area contributed by atoms with Crippen LogP contribution in [0.2, 0.25) is 0 Å². The number of esters is 1. The second-order valence-corrected chi connectivity index (χ2v) is 8.29. The lowest BCUT2D eigenvalue weighted by Gasteiger charge is -2.14. The van der Waals surface area contributed by atoms with Crippen molar-refractivity contribution in [2.24, 2.45) is 0 Å². The molecule has 0 unspecified atom stereocenters. The molecule has 0 aromatic heterocycles. The molecule has 178 valence electrons. The van der Waals surface area contributed by atoms with Crippen molar-refractivity contribution in [2.45, 2.75) is 17.9 Å². The molecule has 3 N–H and O–H groups in total. The van der Waals surface area contributed by atoms with Crippen molar-refractivity contribution >= 4 is 33.5 Å². The van der Waals surface area contributed by atoms with Gasteiger partial charge in [0.25, 0.3) is 5.91 Å². The standard InChI is InChI=1S/C20H21F2N3O7S/c1-12(25-33(29,30)15-6-4-14(31-2)5-7-15)20(28)32-11-19(27)23-10-18(26)24-13-3-8-16(21)17(22)9-13/h3-9,12,25H,10-11H2,1-2H3,(H,23,27)(H,24,26)/t12-/m0/s1. The summed E-state index contributed by atoms with van der Waals surface area (Å²) in [4.78, 5) is 35.4. The zero-order chi connectivity index (χ0) is 24.6. The Balaban J connectivity index is 1.77. The molecule has 0 aliphatic heterocycles. The third-order valence-corrected chi connectivity index (χ3v) is 5.61. The summed E-state index contributed by atoms with van der Waals surface area (Å²) >= 11 is 0. The predicted molar refractivity (Wildman–Crippen MR) is 112 cm³/mol. The number of carbonyl (C=O) groups is 3. The van der Waals surface area contributed by atoms with E-state index < -0.39 is 58.6 Å². The highest BCUT2D eigenvalue weighted by molar-refractivity contribution is 7.89. The van der Waals surface area contributed by atoms with Gasteiger partial charge in [0, 0.05) is 11.8 Å². The van der Waals surface area contributed by atoms with E-state index in [4.69, 9.17) is 9.47 Å². The molecular weight excluding hydrogens is 464 g/mol. The maximum absolute atomic E-state index is 13.1. The average Bonchev–Trinajstić information content (AvgIpc) is 2.78. The Morgan fingerprint density at radius 3 is 2.27 bits per heavy atom. The first-order valence-electron chi connectivity index (χ1n) is 9.36. The first-order valence-corrected chi connectivity index (χ1v) is 10.8. The van der Waals surface area contributed by atoms with Crippen LogP contribution in [0.3, 0.4) is 0 Å². The highest BCUT2D eigenvalue weighted by Gasteiger charge is 2.24. The molecule has 0 spiro atoms. The van der Waals surface area contributed by atoms with E-state index in [1.165, 1.54) is 38.3 Å². The first-order chi connectivity index (χ1) is 15.5. The van der Waals surface area contributed by atoms with Crippen LogP contribution in [0.1, 0.15) is 6.92 Å². The molecule has 2 rings (SSSR count). The topological polar surface area (TPSA) is 140 Å². The lowest BCUT2D eigenvalue weighted by atomic mass is 10.3. The molecule has 0 bridgehead atoms. The quantitative estimate of drug-likeness (QED) is 0.426. The Hall–Kier alpha value is -3.58. The third kappa shape index (κ3) is 7.80. The van der Waals surface area contributed by atoms with Crippen LogP contribution < -0.4 is 20.1 Å². The summed E-state index contributed by atoms with van der Waals surface area (Å²) in [6.45, 7) is -0.0719. The van der Waals surface area contributed by atoms with E-state index in [1.807, 2.05) is 0 Å². The zero-order valence-electron chi connectivity index (χ0n) is 17.6. The molecule has 0 aliphatic rings. The molecule has 10 nitrogen and oxygen atoms in total. The Labute approximate surface area is 188 Å². The van der Waals surface area contributed by atoms with Crippen LogP contribution in [-0.2, 0) is 29.1 Å². The van der Waals surface area contributed by atoms with Gasteiger partial charge in [0.2, 0.25) is 15.9 Å². The monoisotopic (exact) mass is 485 g/mol. The molecule has 0 saturated heterocycles. The number of anilines is 1. The van der Waals surface area contributed by atoms with Crippen LogP contribution in [0.4, 0.5) is 14.5 Å². The van der Waals surface area contributed by atoms with Crippen molar-refractivity contribution in [1.29, 1.82) is 0 Å².